The minimum atomic E-state index is -0.0954. The summed E-state index contributed by atoms with van der Waals surface area (Å²) < 4.78 is 7.06. The van der Waals surface area contributed by atoms with Crippen LogP contribution in [0.5, 0.6) is 5.75 Å². The zero-order valence-corrected chi connectivity index (χ0v) is 18.8. The molecule has 0 spiro atoms. The number of hydrogen-bond donors (Lipinski definition) is 1. The van der Waals surface area contributed by atoms with Gasteiger partial charge in [-0.1, -0.05) is 35.5 Å². The van der Waals surface area contributed by atoms with E-state index in [1.54, 1.807) is 19.5 Å². The highest BCUT2D eigenvalue weighted by molar-refractivity contribution is 7.99. The smallest absolute Gasteiger partial charge is 0.230 e. The normalized spacial score (nSPS) is 10.7. The van der Waals surface area contributed by atoms with Crippen LogP contribution < -0.4 is 10.1 Å². The van der Waals surface area contributed by atoms with Crippen LogP contribution in [-0.4, -0.2) is 38.5 Å². The first-order chi connectivity index (χ1) is 15.6. The molecule has 32 heavy (non-hydrogen) atoms. The highest BCUT2D eigenvalue weighted by Gasteiger charge is 2.17. The molecule has 4 aromatic rings. The van der Waals surface area contributed by atoms with Crippen molar-refractivity contribution in [3.8, 4) is 22.8 Å². The second kappa shape index (κ2) is 10.3. The summed E-state index contributed by atoms with van der Waals surface area (Å²) in [5, 5.41) is 12.9. The van der Waals surface area contributed by atoms with Gasteiger partial charge in [-0.2, -0.15) is 0 Å². The molecule has 0 radical (unpaired) electrons. The van der Waals surface area contributed by atoms with E-state index in [0.29, 0.717) is 22.5 Å². The lowest BCUT2D eigenvalue weighted by molar-refractivity contribution is -0.118. The molecular weight excluding hydrogens is 446 g/mol. The molecule has 0 saturated carbocycles. The van der Waals surface area contributed by atoms with E-state index in [1.807, 2.05) is 65.2 Å². The third-order valence-corrected chi connectivity index (χ3v) is 5.82. The molecule has 0 saturated heterocycles. The predicted octanol–water partition coefficient (Wildman–Crippen LogP) is 4.40. The Kier molecular flexibility index (Phi) is 7.03. The third-order valence-electron chi connectivity index (χ3n) is 4.64. The topological polar surface area (TPSA) is 81.9 Å². The van der Waals surface area contributed by atoms with E-state index in [-0.39, 0.29) is 11.7 Å². The van der Waals surface area contributed by atoms with Crippen molar-refractivity contribution in [3.63, 3.8) is 0 Å². The molecule has 2 aromatic carbocycles. The number of hydrogen-bond acceptors (Lipinski definition) is 6. The van der Waals surface area contributed by atoms with Crippen LogP contribution in [0.1, 0.15) is 5.56 Å². The average Bonchev–Trinajstić information content (AvgIpc) is 3.27. The first kappa shape index (κ1) is 21.9. The maximum Gasteiger partial charge on any atom is 0.230 e. The summed E-state index contributed by atoms with van der Waals surface area (Å²) in [5.41, 5.74) is 2.72. The van der Waals surface area contributed by atoms with Crippen molar-refractivity contribution in [3.05, 3.63) is 83.6 Å². The van der Waals surface area contributed by atoms with Crippen LogP contribution in [0.25, 0.3) is 17.1 Å². The van der Waals surface area contributed by atoms with E-state index in [4.69, 9.17) is 16.3 Å². The summed E-state index contributed by atoms with van der Waals surface area (Å²) in [6.45, 7) is 0.440. The number of rotatable bonds is 8. The maximum absolute atomic E-state index is 12.4. The van der Waals surface area contributed by atoms with E-state index in [2.05, 4.69) is 20.5 Å². The average molecular weight is 466 g/mol. The van der Waals surface area contributed by atoms with E-state index >= 15 is 0 Å². The van der Waals surface area contributed by atoms with Gasteiger partial charge in [-0.25, -0.2) is 0 Å². The van der Waals surface area contributed by atoms with Crippen LogP contribution in [0, 0.1) is 0 Å². The first-order valence-corrected chi connectivity index (χ1v) is 11.1. The maximum atomic E-state index is 12.4. The summed E-state index contributed by atoms with van der Waals surface area (Å²) in [4.78, 5) is 16.5. The number of benzene rings is 2. The Bertz CT molecular complexity index is 1180. The van der Waals surface area contributed by atoms with E-state index in [0.717, 1.165) is 22.6 Å². The van der Waals surface area contributed by atoms with Gasteiger partial charge in [0.2, 0.25) is 5.91 Å². The van der Waals surface area contributed by atoms with Crippen molar-refractivity contribution in [1.29, 1.82) is 0 Å². The Hall–Kier alpha value is -3.36. The van der Waals surface area contributed by atoms with Gasteiger partial charge in [-0.15, -0.1) is 10.2 Å². The molecule has 0 unspecified atom stereocenters. The molecule has 0 aliphatic heterocycles. The molecule has 0 fully saturated rings. The van der Waals surface area contributed by atoms with Crippen LogP contribution in [0.15, 0.2) is 78.2 Å². The molecule has 2 heterocycles. The molecule has 162 valence electrons. The Labute approximate surface area is 194 Å². The fraction of sp³-hybridized carbons (Fsp3) is 0.130. The number of thioether (sulfide) groups is 1. The van der Waals surface area contributed by atoms with E-state index < -0.39 is 0 Å². The van der Waals surface area contributed by atoms with Gasteiger partial charge in [-0.3, -0.25) is 14.3 Å². The zero-order valence-electron chi connectivity index (χ0n) is 17.2. The van der Waals surface area contributed by atoms with Crippen molar-refractivity contribution in [2.24, 2.45) is 0 Å². The number of nitrogens with one attached hydrogen (secondary N) is 1. The van der Waals surface area contributed by atoms with Crippen molar-refractivity contribution in [2.75, 3.05) is 12.9 Å². The summed E-state index contributed by atoms with van der Waals surface area (Å²) in [6.07, 6.45) is 3.41. The minimum Gasteiger partial charge on any atom is -0.497 e. The number of halogens is 1. The van der Waals surface area contributed by atoms with Crippen LogP contribution in [0.3, 0.4) is 0 Å². The van der Waals surface area contributed by atoms with Crippen molar-refractivity contribution >= 4 is 29.3 Å². The van der Waals surface area contributed by atoms with E-state index in [9.17, 15) is 4.79 Å². The number of ether oxygens (including phenoxy) is 1. The highest BCUT2D eigenvalue weighted by atomic mass is 35.5. The predicted molar refractivity (Wildman–Crippen MR) is 125 cm³/mol. The largest absolute Gasteiger partial charge is 0.497 e. The number of carbonyl (C=O) groups is 1. The van der Waals surface area contributed by atoms with Crippen molar-refractivity contribution in [2.45, 2.75) is 11.7 Å². The number of pyridine rings is 1. The minimum absolute atomic E-state index is 0.0954. The molecule has 1 amide bonds. The Morgan fingerprint density at radius 2 is 1.75 bits per heavy atom. The van der Waals surface area contributed by atoms with Crippen LogP contribution in [-0.2, 0) is 11.3 Å². The molecule has 7 nitrogen and oxygen atoms in total. The molecule has 0 aliphatic rings. The van der Waals surface area contributed by atoms with Crippen LogP contribution in [0.2, 0.25) is 5.02 Å². The van der Waals surface area contributed by atoms with Crippen LogP contribution >= 0.6 is 23.4 Å². The number of nitrogens with zero attached hydrogens (tertiary/aromatic N) is 4. The number of carbonyl (C=O) groups excluding carboxylic acids is 1. The fourth-order valence-corrected chi connectivity index (χ4v) is 3.91. The van der Waals surface area contributed by atoms with Gasteiger partial charge in [0.05, 0.1) is 12.9 Å². The van der Waals surface area contributed by atoms with Crippen molar-refractivity contribution < 1.29 is 9.53 Å². The Morgan fingerprint density at radius 3 is 2.44 bits per heavy atom. The first-order valence-electron chi connectivity index (χ1n) is 9.78. The standard InChI is InChI=1S/C23H20ClN5O2S/c1-31-20-8-2-16(3-9-20)14-26-21(30)15-32-23-28-27-22(17-10-12-25-13-11-17)29(23)19-6-4-18(24)5-7-19/h2-13H,14-15H2,1H3,(H,26,30). The second-order valence-corrected chi connectivity index (χ2v) is 8.15. The quantitative estimate of drug-likeness (QED) is 0.388. The van der Waals surface area contributed by atoms with Gasteiger partial charge in [0.25, 0.3) is 0 Å². The summed E-state index contributed by atoms with van der Waals surface area (Å²) >= 11 is 7.38. The molecule has 0 bridgehead atoms. The highest BCUT2D eigenvalue weighted by Crippen LogP contribution is 2.28. The number of aromatic nitrogens is 4. The third kappa shape index (κ3) is 5.27. The van der Waals surface area contributed by atoms with Gasteiger partial charge in [0, 0.05) is 35.2 Å². The lowest BCUT2D eigenvalue weighted by Gasteiger charge is -2.11. The van der Waals surface area contributed by atoms with Gasteiger partial charge in [0.15, 0.2) is 11.0 Å². The summed E-state index contributed by atoms with van der Waals surface area (Å²) in [7, 11) is 1.62. The summed E-state index contributed by atoms with van der Waals surface area (Å²) in [5.74, 6) is 1.55. The lowest BCUT2D eigenvalue weighted by atomic mass is 10.2. The number of amides is 1. The van der Waals surface area contributed by atoms with E-state index in [1.165, 1.54) is 11.8 Å². The molecule has 1 N–H and O–H groups in total. The molecular formula is C23H20ClN5O2S. The Balaban J connectivity index is 1.48. The Morgan fingerprint density at radius 1 is 1.03 bits per heavy atom. The van der Waals surface area contributed by atoms with Crippen LogP contribution in [0.4, 0.5) is 0 Å². The van der Waals surface area contributed by atoms with Gasteiger partial charge in [-0.05, 0) is 54.1 Å². The van der Waals surface area contributed by atoms with Gasteiger partial charge in [0.1, 0.15) is 5.75 Å². The number of methoxy groups -OCH3 is 1. The SMILES string of the molecule is COc1ccc(CNC(=O)CSc2nnc(-c3ccncc3)n2-c2ccc(Cl)cc2)cc1. The lowest BCUT2D eigenvalue weighted by Crippen LogP contribution is -2.24. The summed E-state index contributed by atoms with van der Waals surface area (Å²) in [6, 6.07) is 18.7. The van der Waals surface area contributed by atoms with Gasteiger partial charge >= 0.3 is 0 Å². The molecule has 0 atom stereocenters. The fourth-order valence-electron chi connectivity index (χ4n) is 3.00. The van der Waals surface area contributed by atoms with Crippen molar-refractivity contribution in [1.82, 2.24) is 25.1 Å². The zero-order chi connectivity index (χ0) is 22.3. The molecule has 4 rings (SSSR count). The molecule has 2 aromatic heterocycles. The van der Waals surface area contributed by atoms with Gasteiger partial charge < -0.3 is 10.1 Å². The molecule has 9 heteroatoms. The monoisotopic (exact) mass is 465 g/mol. The second-order valence-electron chi connectivity index (χ2n) is 6.77. The molecule has 0 aliphatic carbocycles.